The van der Waals surface area contributed by atoms with Gasteiger partial charge in [-0.2, -0.15) is 5.26 Å². The van der Waals surface area contributed by atoms with Crippen LogP contribution in [-0.2, 0) is 0 Å². The van der Waals surface area contributed by atoms with Crippen molar-refractivity contribution < 1.29 is 4.79 Å². The van der Waals surface area contributed by atoms with Gasteiger partial charge in [-0.1, -0.05) is 17.7 Å². The molecule has 6 nitrogen and oxygen atoms in total. The van der Waals surface area contributed by atoms with E-state index in [4.69, 9.17) is 11.6 Å². The summed E-state index contributed by atoms with van der Waals surface area (Å²) >= 11 is 5.90. The van der Waals surface area contributed by atoms with Gasteiger partial charge in [-0.15, -0.1) is 0 Å². The lowest BCUT2D eigenvalue weighted by molar-refractivity contribution is 0.0971. The molecule has 3 rings (SSSR count). The van der Waals surface area contributed by atoms with E-state index in [2.05, 4.69) is 15.0 Å². The van der Waals surface area contributed by atoms with Crippen LogP contribution in [0.3, 0.4) is 0 Å². The molecular formula is C16H9ClN4O2. The number of aromatic nitrogens is 3. The van der Waals surface area contributed by atoms with E-state index in [9.17, 15) is 14.9 Å². The van der Waals surface area contributed by atoms with E-state index in [1.807, 2.05) is 6.07 Å². The summed E-state index contributed by atoms with van der Waals surface area (Å²) in [4.78, 5) is 35.2. The highest BCUT2D eigenvalue weighted by molar-refractivity contribution is 6.31. The van der Waals surface area contributed by atoms with Gasteiger partial charge >= 0.3 is 0 Å². The van der Waals surface area contributed by atoms with Crippen molar-refractivity contribution in [3.05, 3.63) is 69.5 Å². The predicted molar refractivity (Wildman–Crippen MR) is 84.3 cm³/mol. The number of hydrogen-bond donors (Lipinski definition) is 1. The number of nitrogens with one attached hydrogen (secondary N) is 1. The number of fused-ring (bicyclic) bond motifs is 1. The van der Waals surface area contributed by atoms with E-state index in [1.165, 1.54) is 24.4 Å². The molecule has 0 saturated heterocycles. The van der Waals surface area contributed by atoms with Crippen molar-refractivity contribution in [2.75, 3.05) is 0 Å². The molecule has 23 heavy (non-hydrogen) atoms. The molecule has 0 amide bonds. The Kier molecular flexibility index (Phi) is 3.87. The third-order valence-electron chi connectivity index (χ3n) is 3.27. The molecule has 7 heteroatoms. The zero-order valence-electron chi connectivity index (χ0n) is 11.7. The van der Waals surface area contributed by atoms with Gasteiger partial charge in [0.2, 0.25) is 5.78 Å². The molecule has 2 aromatic heterocycles. The second-order valence-electron chi connectivity index (χ2n) is 4.75. The smallest absolute Gasteiger partial charge is 0.258 e. The number of pyridine rings is 1. The van der Waals surface area contributed by atoms with Crippen LogP contribution in [0.5, 0.6) is 0 Å². The molecule has 0 bridgehead atoms. The summed E-state index contributed by atoms with van der Waals surface area (Å²) in [6, 6.07) is 11.3. The Hall–Kier alpha value is -3.04. The van der Waals surface area contributed by atoms with Gasteiger partial charge in [0, 0.05) is 11.2 Å². The fraction of sp³-hybridized carbons (Fsp3) is 0.0625. The zero-order chi connectivity index (χ0) is 16.4. The molecule has 1 aromatic carbocycles. The van der Waals surface area contributed by atoms with Crippen LogP contribution in [0.15, 0.2) is 47.4 Å². The molecule has 0 aliphatic heterocycles. The quantitative estimate of drug-likeness (QED) is 0.746. The Morgan fingerprint density at radius 1 is 1.30 bits per heavy atom. The Morgan fingerprint density at radius 2 is 2.13 bits per heavy atom. The van der Waals surface area contributed by atoms with Crippen molar-refractivity contribution in [3.63, 3.8) is 0 Å². The number of carbonyl (C=O) groups excluding carboxylic acids is 1. The summed E-state index contributed by atoms with van der Waals surface area (Å²) in [6.07, 6.45) is 1.46. The van der Waals surface area contributed by atoms with E-state index in [-0.39, 0.29) is 11.5 Å². The Labute approximate surface area is 135 Å². The average Bonchev–Trinajstić information content (AvgIpc) is 2.56. The first kappa shape index (κ1) is 14.9. The number of aromatic amines is 1. The van der Waals surface area contributed by atoms with Gasteiger partial charge in [0.25, 0.3) is 5.56 Å². The van der Waals surface area contributed by atoms with Crippen LogP contribution in [0, 0.1) is 11.3 Å². The van der Waals surface area contributed by atoms with Gasteiger partial charge < -0.3 is 4.98 Å². The first-order valence-corrected chi connectivity index (χ1v) is 7.02. The first-order valence-electron chi connectivity index (χ1n) is 6.64. The van der Waals surface area contributed by atoms with Crippen LogP contribution in [0.25, 0.3) is 10.9 Å². The molecule has 0 fully saturated rings. The maximum absolute atomic E-state index is 12.4. The molecule has 3 aromatic rings. The zero-order valence-corrected chi connectivity index (χ0v) is 12.4. The van der Waals surface area contributed by atoms with Gasteiger partial charge in [0.1, 0.15) is 11.5 Å². The lowest BCUT2D eigenvalue weighted by atomic mass is 10.0. The summed E-state index contributed by atoms with van der Waals surface area (Å²) in [5.74, 6) is -1.80. The van der Waals surface area contributed by atoms with E-state index in [0.717, 1.165) is 0 Å². The average molecular weight is 325 g/mol. The van der Waals surface area contributed by atoms with Crippen molar-refractivity contribution in [2.45, 2.75) is 5.92 Å². The van der Waals surface area contributed by atoms with Gasteiger partial charge in [-0.3, -0.25) is 14.6 Å². The number of H-pyrrole nitrogens is 1. The lowest BCUT2D eigenvalue weighted by Gasteiger charge is -2.08. The van der Waals surface area contributed by atoms with Gasteiger partial charge in [-0.05, 0) is 30.3 Å². The molecular weight excluding hydrogens is 316 g/mol. The summed E-state index contributed by atoms with van der Waals surface area (Å²) in [5.41, 5.74) is 0.0222. The minimum atomic E-state index is -1.25. The van der Waals surface area contributed by atoms with Crippen molar-refractivity contribution in [3.8, 4) is 6.07 Å². The molecule has 112 valence electrons. The molecule has 0 aliphatic rings. The first-order chi connectivity index (χ1) is 11.1. The normalized spacial score (nSPS) is 11.8. The molecule has 2 heterocycles. The van der Waals surface area contributed by atoms with E-state index in [1.54, 1.807) is 18.2 Å². The Morgan fingerprint density at radius 3 is 2.83 bits per heavy atom. The minimum absolute atomic E-state index is 0.0251. The third kappa shape index (κ3) is 2.82. The molecule has 0 spiro atoms. The summed E-state index contributed by atoms with van der Waals surface area (Å²) < 4.78 is 0. The number of carbonyl (C=O) groups is 1. The van der Waals surface area contributed by atoms with Crippen LogP contribution in [-0.4, -0.2) is 20.7 Å². The Balaban J connectivity index is 2.12. The predicted octanol–water partition coefficient (Wildman–Crippen LogP) is 2.46. The summed E-state index contributed by atoms with van der Waals surface area (Å²) in [6.45, 7) is 0. The molecule has 1 atom stereocenters. The highest BCUT2D eigenvalue weighted by Crippen LogP contribution is 2.19. The number of halogens is 1. The Bertz CT molecular complexity index is 992. The number of Topliss-reactive ketones (excluding diaryl/α,β-unsaturated/α-hetero) is 1. The van der Waals surface area contributed by atoms with Gasteiger partial charge in [0.05, 0.1) is 17.0 Å². The molecule has 0 radical (unpaired) electrons. The number of ketones is 1. The standard InChI is InChI=1S/C16H9ClN4O2/c17-9-4-5-10-13(7-9)20-15(21-16(10)23)11(8-18)14(22)12-3-1-2-6-19-12/h1-7,11H,(H,20,21,23). The summed E-state index contributed by atoms with van der Waals surface area (Å²) in [5, 5.41) is 10.1. The molecule has 1 N–H and O–H groups in total. The van der Waals surface area contributed by atoms with Crippen LogP contribution in [0.4, 0.5) is 0 Å². The number of hydrogen-bond acceptors (Lipinski definition) is 5. The van der Waals surface area contributed by atoms with Crippen molar-refractivity contribution in [1.82, 2.24) is 15.0 Å². The SMILES string of the molecule is N#CC(C(=O)c1ccccn1)c1nc2cc(Cl)ccc2c(=O)[nH]1. The molecule has 0 saturated carbocycles. The lowest BCUT2D eigenvalue weighted by Crippen LogP contribution is -2.20. The maximum atomic E-state index is 12.4. The van der Waals surface area contributed by atoms with Crippen LogP contribution < -0.4 is 5.56 Å². The van der Waals surface area contributed by atoms with Crippen molar-refractivity contribution in [2.24, 2.45) is 0 Å². The summed E-state index contributed by atoms with van der Waals surface area (Å²) in [7, 11) is 0. The third-order valence-corrected chi connectivity index (χ3v) is 3.50. The fourth-order valence-electron chi connectivity index (χ4n) is 2.17. The number of nitrogens with zero attached hydrogens (tertiary/aromatic N) is 3. The highest BCUT2D eigenvalue weighted by atomic mass is 35.5. The topological polar surface area (TPSA) is 99.5 Å². The molecule has 0 aliphatic carbocycles. The number of nitriles is 1. The number of benzene rings is 1. The highest BCUT2D eigenvalue weighted by Gasteiger charge is 2.25. The van der Waals surface area contributed by atoms with E-state index in [0.29, 0.717) is 15.9 Å². The number of rotatable bonds is 3. The van der Waals surface area contributed by atoms with Gasteiger partial charge in [-0.25, -0.2) is 4.98 Å². The van der Waals surface area contributed by atoms with Crippen LogP contribution in [0.2, 0.25) is 5.02 Å². The second-order valence-corrected chi connectivity index (χ2v) is 5.19. The van der Waals surface area contributed by atoms with Crippen LogP contribution in [0.1, 0.15) is 22.2 Å². The van der Waals surface area contributed by atoms with Crippen molar-refractivity contribution in [1.29, 1.82) is 5.26 Å². The minimum Gasteiger partial charge on any atom is -0.308 e. The largest absolute Gasteiger partial charge is 0.308 e. The van der Waals surface area contributed by atoms with E-state index >= 15 is 0 Å². The fourth-order valence-corrected chi connectivity index (χ4v) is 2.33. The maximum Gasteiger partial charge on any atom is 0.258 e. The van der Waals surface area contributed by atoms with Crippen molar-refractivity contribution >= 4 is 28.3 Å². The second kappa shape index (κ2) is 5.99. The molecule has 1 unspecified atom stereocenters. The van der Waals surface area contributed by atoms with E-state index < -0.39 is 17.3 Å². The monoisotopic (exact) mass is 324 g/mol. The van der Waals surface area contributed by atoms with Gasteiger partial charge in [0.15, 0.2) is 5.92 Å². The van der Waals surface area contributed by atoms with Crippen LogP contribution >= 0.6 is 11.6 Å².